The standard InChI is InChI=1S/C12H14BrF2NO2/c1-2-18-12(17)4-3-11(16)7-5-10(15)8(13)6-9(7)14/h5-6,11H,2-4,16H2,1H3. The topological polar surface area (TPSA) is 52.3 Å². The normalized spacial score (nSPS) is 12.3. The molecule has 1 aromatic rings. The first kappa shape index (κ1) is 15.0. The van der Waals surface area contributed by atoms with Crippen LogP contribution in [-0.2, 0) is 9.53 Å². The first-order valence-corrected chi connectivity index (χ1v) is 6.30. The molecular formula is C12H14BrF2NO2. The monoisotopic (exact) mass is 321 g/mol. The van der Waals surface area contributed by atoms with E-state index in [0.29, 0.717) is 0 Å². The molecule has 1 atom stereocenters. The zero-order valence-corrected chi connectivity index (χ0v) is 11.5. The van der Waals surface area contributed by atoms with Gasteiger partial charge in [-0.3, -0.25) is 4.79 Å². The van der Waals surface area contributed by atoms with Gasteiger partial charge >= 0.3 is 5.97 Å². The molecule has 0 saturated heterocycles. The molecule has 1 aromatic carbocycles. The SMILES string of the molecule is CCOC(=O)CCC(N)c1cc(F)c(Br)cc1F. The summed E-state index contributed by atoms with van der Waals surface area (Å²) in [6.07, 6.45) is 0.281. The lowest BCUT2D eigenvalue weighted by molar-refractivity contribution is -0.143. The lowest BCUT2D eigenvalue weighted by atomic mass is 10.0. The Bertz CT molecular complexity index is 440. The van der Waals surface area contributed by atoms with Gasteiger partial charge in [-0.15, -0.1) is 0 Å². The average molecular weight is 322 g/mol. The first-order chi connectivity index (χ1) is 8.45. The molecule has 0 fully saturated rings. The lowest BCUT2D eigenvalue weighted by Crippen LogP contribution is -2.15. The van der Waals surface area contributed by atoms with Gasteiger partial charge in [0.1, 0.15) is 11.6 Å². The third-order valence-corrected chi connectivity index (χ3v) is 3.01. The molecule has 0 saturated carbocycles. The predicted octanol–water partition coefficient (Wildman–Crippen LogP) is 3.07. The van der Waals surface area contributed by atoms with Crippen molar-refractivity contribution in [2.45, 2.75) is 25.8 Å². The van der Waals surface area contributed by atoms with Crippen LogP contribution in [-0.4, -0.2) is 12.6 Å². The highest BCUT2D eigenvalue weighted by Gasteiger charge is 2.16. The molecule has 0 aromatic heterocycles. The van der Waals surface area contributed by atoms with E-state index in [2.05, 4.69) is 15.9 Å². The van der Waals surface area contributed by atoms with Gasteiger partial charge in [0.2, 0.25) is 0 Å². The van der Waals surface area contributed by atoms with E-state index in [4.69, 9.17) is 10.5 Å². The Labute approximate surface area is 112 Å². The Morgan fingerprint density at radius 3 is 2.72 bits per heavy atom. The summed E-state index contributed by atoms with van der Waals surface area (Å²) < 4.78 is 31.6. The summed E-state index contributed by atoms with van der Waals surface area (Å²) in [5.74, 6) is -1.58. The molecule has 3 nitrogen and oxygen atoms in total. The Kier molecular flexibility index (Phi) is 5.68. The van der Waals surface area contributed by atoms with Gasteiger partial charge < -0.3 is 10.5 Å². The van der Waals surface area contributed by atoms with Crippen molar-refractivity contribution >= 4 is 21.9 Å². The molecule has 100 valence electrons. The van der Waals surface area contributed by atoms with Crippen LogP contribution in [0.2, 0.25) is 0 Å². The van der Waals surface area contributed by atoms with Crippen LogP contribution in [0.15, 0.2) is 16.6 Å². The number of nitrogens with two attached hydrogens (primary N) is 1. The molecule has 0 heterocycles. The molecule has 0 aliphatic heterocycles. The highest BCUT2D eigenvalue weighted by atomic mass is 79.9. The van der Waals surface area contributed by atoms with Crippen LogP contribution in [0.1, 0.15) is 31.4 Å². The number of esters is 1. The van der Waals surface area contributed by atoms with Crippen LogP contribution >= 0.6 is 15.9 Å². The van der Waals surface area contributed by atoms with Gasteiger partial charge in [-0.2, -0.15) is 0 Å². The molecule has 0 aliphatic rings. The minimum atomic E-state index is -0.739. The Morgan fingerprint density at radius 1 is 1.44 bits per heavy atom. The van der Waals surface area contributed by atoms with Crippen molar-refractivity contribution in [1.82, 2.24) is 0 Å². The number of benzene rings is 1. The highest BCUT2D eigenvalue weighted by molar-refractivity contribution is 9.10. The molecule has 0 bridgehead atoms. The minimum absolute atomic E-state index is 0.0429. The maximum Gasteiger partial charge on any atom is 0.305 e. The third kappa shape index (κ3) is 4.03. The average Bonchev–Trinajstić information content (AvgIpc) is 2.31. The summed E-state index contributed by atoms with van der Waals surface area (Å²) in [7, 11) is 0. The second kappa shape index (κ2) is 6.80. The van der Waals surface area contributed by atoms with E-state index in [0.717, 1.165) is 12.1 Å². The maximum atomic E-state index is 13.6. The molecule has 2 N–H and O–H groups in total. The van der Waals surface area contributed by atoms with E-state index >= 15 is 0 Å². The van der Waals surface area contributed by atoms with Gasteiger partial charge in [-0.25, -0.2) is 8.78 Å². The van der Waals surface area contributed by atoms with Crippen LogP contribution in [0.5, 0.6) is 0 Å². The van der Waals surface area contributed by atoms with Gasteiger partial charge in [-0.05, 0) is 41.4 Å². The highest BCUT2D eigenvalue weighted by Crippen LogP contribution is 2.25. The summed E-state index contributed by atoms with van der Waals surface area (Å²) in [5.41, 5.74) is 5.79. The number of ether oxygens (including phenoxy) is 1. The molecule has 1 rings (SSSR count). The van der Waals surface area contributed by atoms with E-state index in [1.807, 2.05) is 0 Å². The largest absolute Gasteiger partial charge is 0.466 e. The molecule has 18 heavy (non-hydrogen) atoms. The Balaban J connectivity index is 2.69. The van der Waals surface area contributed by atoms with E-state index in [1.165, 1.54) is 0 Å². The third-order valence-electron chi connectivity index (χ3n) is 2.40. The molecular weight excluding hydrogens is 308 g/mol. The van der Waals surface area contributed by atoms with Crippen LogP contribution in [0.3, 0.4) is 0 Å². The van der Waals surface area contributed by atoms with Crippen molar-refractivity contribution < 1.29 is 18.3 Å². The van der Waals surface area contributed by atoms with Crippen LogP contribution < -0.4 is 5.73 Å². The van der Waals surface area contributed by atoms with Gasteiger partial charge in [0.15, 0.2) is 0 Å². The number of halogens is 3. The van der Waals surface area contributed by atoms with Crippen LogP contribution in [0.4, 0.5) is 8.78 Å². The zero-order valence-electron chi connectivity index (χ0n) is 9.88. The van der Waals surface area contributed by atoms with E-state index < -0.39 is 23.6 Å². The number of rotatable bonds is 5. The molecule has 0 amide bonds. The number of carbonyl (C=O) groups is 1. The van der Waals surface area contributed by atoms with E-state index in [-0.39, 0.29) is 29.5 Å². The maximum absolute atomic E-state index is 13.6. The van der Waals surface area contributed by atoms with Crippen LogP contribution in [0.25, 0.3) is 0 Å². The first-order valence-electron chi connectivity index (χ1n) is 5.51. The van der Waals surface area contributed by atoms with Crippen LogP contribution in [0, 0.1) is 11.6 Å². The predicted molar refractivity (Wildman–Crippen MR) is 66.9 cm³/mol. The van der Waals surface area contributed by atoms with Crippen molar-refractivity contribution in [3.05, 3.63) is 33.8 Å². The zero-order chi connectivity index (χ0) is 13.7. The van der Waals surface area contributed by atoms with Gasteiger partial charge in [0, 0.05) is 18.0 Å². The summed E-state index contributed by atoms with van der Waals surface area (Å²) in [6, 6.07) is 1.32. The van der Waals surface area contributed by atoms with Crippen molar-refractivity contribution in [3.63, 3.8) is 0 Å². The van der Waals surface area contributed by atoms with Crippen molar-refractivity contribution in [3.8, 4) is 0 Å². The lowest BCUT2D eigenvalue weighted by Gasteiger charge is -2.13. The summed E-state index contributed by atoms with van der Waals surface area (Å²) in [5, 5.41) is 0. The Hall–Kier alpha value is -1.01. The second-order valence-electron chi connectivity index (χ2n) is 3.74. The van der Waals surface area contributed by atoms with Gasteiger partial charge in [0.25, 0.3) is 0 Å². The quantitative estimate of drug-likeness (QED) is 0.669. The fourth-order valence-corrected chi connectivity index (χ4v) is 1.80. The van der Waals surface area contributed by atoms with Crippen molar-refractivity contribution in [2.24, 2.45) is 5.73 Å². The van der Waals surface area contributed by atoms with Crippen molar-refractivity contribution in [1.29, 1.82) is 0 Å². The summed E-state index contributed by atoms with van der Waals surface area (Å²) in [6.45, 7) is 1.98. The molecule has 1 unspecified atom stereocenters. The Morgan fingerprint density at radius 2 is 2.11 bits per heavy atom. The number of carbonyl (C=O) groups excluding carboxylic acids is 1. The smallest absolute Gasteiger partial charge is 0.305 e. The molecule has 0 aliphatic carbocycles. The van der Waals surface area contributed by atoms with E-state index in [1.54, 1.807) is 6.92 Å². The van der Waals surface area contributed by atoms with Crippen molar-refractivity contribution in [2.75, 3.05) is 6.61 Å². The number of hydrogen-bond acceptors (Lipinski definition) is 3. The summed E-state index contributed by atoms with van der Waals surface area (Å²) in [4.78, 5) is 11.1. The number of hydrogen-bond donors (Lipinski definition) is 1. The molecule has 0 radical (unpaired) electrons. The van der Waals surface area contributed by atoms with Gasteiger partial charge in [-0.1, -0.05) is 0 Å². The summed E-state index contributed by atoms with van der Waals surface area (Å²) >= 11 is 2.88. The molecule has 6 heteroatoms. The fourth-order valence-electron chi connectivity index (χ4n) is 1.48. The molecule has 0 spiro atoms. The van der Waals surface area contributed by atoms with E-state index in [9.17, 15) is 13.6 Å². The fraction of sp³-hybridized carbons (Fsp3) is 0.417. The van der Waals surface area contributed by atoms with Gasteiger partial charge in [0.05, 0.1) is 11.1 Å². The minimum Gasteiger partial charge on any atom is -0.466 e. The second-order valence-corrected chi connectivity index (χ2v) is 4.59.